The lowest BCUT2D eigenvalue weighted by atomic mass is 9.77. The minimum Gasteiger partial charge on any atom is -0.385 e. The fourth-order valence-electron chi connectivity index (χ4n) is 3.23. The third-order valence-corrected chi connectivity index (χ3v) is 5.03. The van der Waals surface area contributed by atoms with Gasteiger partial charge in [0.15, 0.2) is 5.54 Å². The van der Waals surface area contributed by atoms with Gasteiger partial charge in [-0.3, -0.25) is 4.99 Å². The normalized spacial score (nSPS) is 22.1. The molecule has 0 fully saturated rings. The van der Waals surface area contributed by atoms with Gasteiger partial charge < -0.3 is 10.5 Å². The van der Waals surface area contributed by atoms with Crippen molar-refractivity contribution in [3.05, 3.63) is 64.7 Å². The Morgan fingerprint density at radius 2 is 1.83 bits per heavy atom. The Balaban J connectivity index is 2.12. The smallest absolute Gasteiger partial charge is 0.304 e. The first-order chi connectivity index (χ1) is 14.0. The molecule has 1 aromatic carbocycles. The van der Waals surface area contributed by atoms with Gasteiger partial charge in [0.2, 0.25) is 0 Å². The molecule has 154 valence electrons. The summed E-state index contributed by atoms with van der Waals surface area (Å²) in [6.07, 6.45) is 1.44. The van der Waals surface area contributed by atoms with Crippen molar-refractivity contribution < 1.29 is 17.9 Å². The van der Waals surface area contributed by atoms with Crippen LogP contribution in [0, 0.1) is 29.0 Å². The highest BCUT2D eigenvalue weighted by atomic mass is 19.3. The van der Waals surface area contributed by atoms with Crippen LogP contribution in [-0.4, -0.2) is 29.0 Å². The molecule has 3 rings (SSSR count). The first-order valence-electron chi connectivity index (χ1n) is 9.04. The second kappa shape index (κ2) is 7.47. The molecule has 0 amide bonds. The van der Waals surface area contributed by atoms with Gasteiger partial charge >= 0.3 is 5.92 Å². The van der Waals surface area contributed by atoms with E-state index in [0.717, 1.165) is 13.0 Å². The topological polar surface area (TPSA) is 84.3 Å². The number of nitriles is 1. The van der Waals surface area contributed by atoms with Crippen LogP contribution in [0.15, 0.2) is 41.5 Å². The summed E-state index contributed by atoms with van der Waals surface area (Å²) in [5, 5.41) is 8.95. The quantitative estimate of drug-likeness (QED) is 0.727. The van der Waals surface area contributed by atoms with E-state index in [0.29, 0.717) is 11.3 Å². The lowest BCUT2D eigenvalue weighted by Gasteiger charge is -2.41. The van der Waals surface area contributed by atoms with Crippen molar-refractivity contribution in [1.82, 2.24) is 4.98 Å². The maximum atomic E-state index is 15.5. The molecule has 2 aromatic rings. The molecule has 1 aliphatic rings. The van der Waals surface area contributed by atoms with E-state index >= 15 is 8.78 Å². The van der Waals surface area contributed by atoms with Crippen molar-refractivity contribution in [2.45, 2.75) is 37.8 Å². The van der Waals surface area contributed by atoms with E-state index in [-0.39, 0.29) is 23.6 Å². The largest absolute Gasteiger partial charge is 0.385 e. The van der Waals surface area contributed by atoms with Gasteiger partial charge in [-0.2, -0.15) is 5.26 Å². The average molecular weight is 412 g/mol. The molecule has 0 saturated heterocycles. The van der Waals surface area contributed by atoms with Gasteiger partial charge in [0.1, 0.15) is 29.6 Å². The Hall–Kier alpha value is -3.36. The van der Waals surface area contributed by atoms with Crippen molar-refractivity contribution in [3.63, 3.8) is 0 Å². The number of ether oxygens (including phenoxy) is 1. The van der Waals surface area contributed by atoms with Gasteiger partial charge in [-0.25, -0.2) is 18.2 Å². The molecular formula is C22H19F3N4O. The lowest BCUT2D eigenvalue weighted by molar-refractivity contribution is -0.214. The third kappa shape index (κ3) is 3.62. The van der Waals surface area contributed by atoms with Crippen molar-refractivity contribution in [3.8, 4) is 17.9 Å². The van der Waals surface area contributed by atoms with Gasteiger partial charge in [0, 0.05) is 17.3 Å². The summed E-state index contributed by atoms with van der Waals surface area (Å²) in [5.41, 5.74) is 2.13. The Morgan fingerprint density at radius 1 is 1.10 bits per heavy atom. The first kappa shape index (κ1) is 21.4. The highest BCUT2D eigenvalue weighted by molar-refractivity contribution is 5.82. The number of alkyl halides is 2. The summed E-state index contributed by atoms with van der Waals surface area (Å²) in [5.74, 6) is 0.913. The number of nitrogens with zero attached hydrogens (tertiary/aromatic N) is 3. The molecule has 2 N–H and O–H groups in total. The SMILES string of the molecule is CC1(C)OCC(N)=N[C@](C)(c2cc(C#Cc3cc(C#N)ccn3)ccc2F)C1(F)F. The standard InChI is InChI=1S/C22H19F3N4O/c1-20(2)22(24,25)21(3,29-19(27)13-30-20)17-11-14(5-7-18(17)23)4-6-16-10-15(12-26)8-9-28-16/h5,7-11H,13H2,1-3H3,(H2,27,29)/t21-/m1/s1. The highest BCUT2D eigenvalue weighted by Crippen LogP contribution is 2.50. The Kier molecular flexibility index (Phi) is 5.32. The van der Waals surface area contributed by atoms with Crippen LogP contribution < -0.4 is 5.73 Å². The van der Waals surface area contributed by atoms with Crippen LogP contribution in [0.25, 0.3) is 0 Å². The number of hydrogen-bond acceptors (Lipinski definition) is 5. The molecule has 0 spiro atoms. The molecule has 0 radical (unpaired) electrons. The van der Waals surface area contributed by atoms with Crippen molar-refractivity contribution in [2.75, 3.05) is 6.61 Å². The van der Waals surface area contributed by atoms with E-state index in [1.54, 1.807) is 0 Å². The van der Waals surface area contributed by atoms with Crippen molar-refractivity contribution in [2.24, 2.45) is 10.7 Å². The minimum atomic E-state index is -3.59. The number of amidine groups is 1. The zero-order chi connectivity index (χ0) is 22.2. The molecular weight excluding hydrogens is 393 g/mol. The zero-order valence-corrected chi connectivity index (χ0v) is 16.6. The number of halogens is 3. The van der Waals surface area contributed by atoms with Gasteiger partial charge in [-0.05, 0) is 57.0 Å². The molecule has 1 aliphatic heterocycles. The van der Waals surface area contributed by atoms with Crippen LogP contribution in [-0.2, 0) is 10.3 Å². The van der Waals surface area contributed by atoms with E-state index in [1.165, 1.54) is 44.3 Å². The summed E-state index contributed by atoms with van der Waals surface area (Å²) in [6.45, 7) is 3.27. The van der Waals surface area contributed by atoms with Crippen LogP contribution >= 0.6 is 0 Å². The van der Waals surface area contributed by atoms with Gasteiger partial charge in [-0.1, -0.05) is 5.92 Å². The Morgan fingerprint density at radius 3 is 2.53 bits per heavy atom. The molecule has 1 aromatic heterocycles. The summed E-state index contributed by atoms with van der Waals surface area (Å²) in [6, 6.07) is 8.65. The molecule has 0 unspecified atom stereocenters. The maximum Gasteiger partial charge on any atom is 0.304 e. The number of pyridine rings is 1. The zero-order valence-electron chi connectivity index (χ0n) is 16.6. The third-order valence-electron chi connectivity index (χ3n) is 5.03. The van der Waals surface area contributed by atoms with Crippen molar-refractivity contribution in [1.29, 1.82) is 5.26 Å². The summed E-state index contributed by atoms with van der Waals surface area (Å²) >= 11 is 0. The van der Waals surface area contributed by atoms with E-state index in [2.05, 4.69) is 21.8 Å². The second-order valence-electron chi connectivity index (χ2n) is 7.53. The fourth-order valence-corrected chi connectivity index (χ4v) is 3.23. The van der Waals surface area contributed by atoms with Gasteiger partial charge in [-0.15, -0.1) is 0 Å². The van der Waals surface area contributed by atoms with Crippen LogP contribution in [0.2, 0.25) is 0 Å². The van der Waals surface area contributed by atoms with E-state index in [9.17, 15) is 4.39 Å². The number of nitrogens with two attached hydrogens (primary N) is 1. The molecule has 0 bridgehead atoms. The molecule has 1 atom stereocenters. The Labute approximate surface area is 172 Å². The molecule has 5 nitrogen and oxygen atoms in total. The highest BCUT2D eigenvalue weighted by Gasteiger charge is 2.63. The summed E-state index contributed by atoms with van der Waals surface area (Å²) < 4.78 is 50.9. The first-order valence-corrected chi connectivity index (χ1v) is 9.04. The van der Waals surface area contributed by atoms with Crippen LogP contribution in [0.5, 0.6) is 0 Å². The second-order valence-corrected chi connectivity index (χ2v) is 7.53. The van der Waals surface area contributed by atoms with Crippen LogP contribution in [0.1, 0.15) is 43.2 Å². The molecule has 0 aliphatic carbocycles. The fraction of sp³-hybridized carbons (Fsp3) is 0.318. The number of rotatable bonds is 1. The monoisotopic (exact) mass is 412 g/mol. The van der Waals surface area contributed by atoms with Crippen molar-refractivity contribution >= 4 is 5.84 Å². The van der Waals surface area contributed by atoms with Gasteiger partial charge in [0.05, 0.1) is 11.6 Å². The van der Waals surface area contributed by atoms with E-state index < -0.39 is 22.9 Å². The summed E-state index contributed by atoms with van der Waals surface area (Å²) in [4.78, 5) is 7.99. The molecule has 2 heterocycles. The minimum absolute atomic E-state index is 0.156. The van der Waals surface area contributed by atoms with E-state index in [1.807, 2.05) is 6.07 Å². The Bertz CT molecular complexity index is 1130. The number of benzene rings is 1. The molecule has 8 heteroatoms. The van der Waals surface area contributed by atoms with Crippen LogP contribution in [0.4, 0.5) is 13.2 Å². The molecule has 0 saturated carbocycles. The predicted molar refractivity (Wildman–Crippen MR) is 105 cm³/mol. The number of aliphatic imine (C=N–C) groups is 1. The lowest BCUT2D eigenvalue weighted by Crippen LogP contribution is -2.56. The molecule has 30 heavy (non-hydrogen) atoms. The average Bonchev–Trinajstić information content (AvgIpc) is 2.76. The maximum absolute atomic E-state index is 15.5. The predicted octanol–water partition coefficient (Wildman–Crippen LogP) is 3.51. The van der Waals surface area contributed by atoms with Gasteiger partial charge in [0.25, 0.3) is 0 Å². The number of aromatic nitrogens is 1. The number of hydrogen-bond donors (Lipinski definition) is 1. The summed E-state index contributed by atoms with van der Waals surface area (Å²) in [7, 11) is 0. The van der Waals surface area contributed by atoms with Crippen LogP contribution in [0.3, 0.4) is 0 Å². The van der Waals surface area contributed by atoms with E-state index in [4.69, 9.17) is 15.7 Å².